The van der Waals surface area contributed by atoms with Crippen molar-refractivity contribution in [3.63, 3.8) is 0 Å². The van der Waals surface area contributed by atoms with Crippen LogP contribution < -0.4 is 4.90 Å². The molecule has 1 aliphatic carbocycles. The molecule has 0 unspecified atom stereocenters. The van der Waals surface area contributed by atoms with Crippen molar-refractivity contribution in [1.82, 2.24) is 0 Å². The Hall–Kier alpha value is -3.30. The fourth-order valence-electron chi connectivity index (χ4n) is 4.96. The summed E-state index contributed by atoms with van der Waals surface area (Å²) in [5, 5.41) is 9.60. The first kappa shape index (κ1) is 26.3. The highest BCUT2D eigenvalue weighted by Gasteiger charge is 2.24. The second-order valence-corrected chi connectivity index (χ2v) is 9.60. The van der Waals surface area contributed by atoms with Gasteiger partial charge in [-0.3, -0.25) is 0 Å². The minimum absolute atomic E-state index is 0.181. The molecule has 0 bridgehead atoms. The molecule has 0 heterocycles. The van der Waals surface area contributed by atoms with Gasteiger partial charge >= 0.3 is 0 Å². The number of nitrogens with zero attached hydrogens (tertiary/aromatic N) is 3. The lowest BCUT2D eigenvalue weighted by molar-refractivity contribution is 0.609. The van der Waals surface area contributed by atoms with Crippen LogP contribution in [0.4, 0.5) is 5.69 Å². The Balaban J connectivity index is 1.87. The molecular formula is C32H39N3. The quantitative estimate of drug-likeness (QED) is 0.178. The Morgan fingerprint density at radius 3 is 2.29 bits per heavy atom. The third-order valence-corrected chi connectivity index (χ3v) is 6.95. The van der Waals surface area contributed by atoms with E-state index in [9.17, 15) is 5.26 Å². The summed E-state index contributed by atoms with van der Waals surface area (Å²) >= 11 is 0. The van der Waals surface area contributed by atoms with Crippen molar-refractivity contribution in [3.05, 3.63) is 87.4 Å². The first-order valence-corrected chi connectivity index (χ1v) is 13.3. The first-order chi connectivity index (χ1) is 17.1. The molecule has 0 aliphatic heterocycles. The number of allylic oxidation sites excluding steroid dienone is 3. The number of fused-ring (bicyclic) bond motifs is 1. The van der Waals surface area contributed by atoms with Crippen LogP contribution >= 0.6 is 0 Å². The molecule has 3 heteroatoms. The van der Waals surface area contributed by atoms with Gasteiger partial charge < -0.3 is 4.90 Å². The molecule has 182 valence electrons. The lowest BCUT2D eigenvalue weighted by atomic mass is 9.98. The lowest BCUT2D eigenvalue weighted by Gasteiger charge is -2.26. The minimum atomic E-state index is 0.181. The fraction of sp³-hybridized carbons (Fsp3) is 0.438. The van der Waals surface area contributed by atoms with Crippen LogP contribution in [0, 0.1) is 24.8 Å². The second kappa shape index (κ2) is 13.6. The number of benzene rings is 2. The van der Waals surface area contributed by atoms with Crippen molar-refractivity contribution >= 4 is 17.3 Å². The number of anilines is 1. The van der Waals surface area contributed by atoms with Crippen molar-refractivity contribution in [1.29, 1.82) is 5.26 Å². The summed E-state index contributed by atoms with van der Waals surface area (Å²) in [4.78, 5) is 6.11. The van der Waals surface area contributed by atoms with Crippen LogP contribution in [-0.4, -0.2) is 13.1 Å². The van der Waals surface area contributed by atoms with E-state index in [2.05, 4.69) is 66.9 Å². The Bertz CT molecular complexity index is 1110. The van der Waals surface area contributed by atoms with Crippen molar-refractivity contribution in [2.45, 2.75) is 78.6 Å². The largest absolute Gasteiger partial charge is 0.372 e. The Kier molecular flexibility index (Phi) is 10.2. The maximum absolute atomic E-state index is 9.60. The van der Waals surface area contributed by atoms with Gasteiger partial charge in [-0.2, -0.15) is 0 Å². The number of nitriles is 1. The highest BCUT2D eigenvalue weighted by molar-refractivity contribution is 5.94. The Morgan fingerprint density at radius 2 is 1.69 bits per heavy atom. The first-order valence-electron chi connectivity index (χ1n) is 13.3. The van der Waals surface area contributed by atoms with Gasteiger partial charge in [-0.1, -0.05) is 88.8 Å². The van der Waals surface area contributed by atoms with Crippen LogP contribution in [0.5, 0.6) is 0 Å². The third-order valence-electron chi connectivity index (χ3n) is 6.95. The molecule has 0 saturated heterocycles. The zero-order valence-electron chi connectivity index (χ0n) is 21.7. The van der Waals surface area contributed by atoms with Crippen molar-refractivity contribution < 1.29 is 0 Å². The predicted molar refractivity (Wildman–Crippen MR) is 149 cm³/mol. The zero-order chi connectivity index (χ0) is 25.0. The monoisotopic (exact) mass is 465 g/mol. The molecule has 35 heavy (non-hydrogen) atoms. The normalized spacial score (nSPS) is 14.9. The number of hydrogen-bond donors (Lipinski definition) is 0. The van der Waals surface area contributed by atoms with E-state index in [-0.39, 0.29) is 5.70 Å². The lowest BCUT2D eigenvalue weighted by Crippen LogP contribution is -2.25. The standard InChI is InChI=1S/C32H39N3/c1-5-7-9-13-19-35(20-14-10-8-6-2)29-18-17-26(25(3)21-29)22-28-23-27-15-11-12-16-30(27)32(28)31(24-33)34-4/h11-12,15-18,21-22H,5-10,13-14,19-20,23H2,1-3H3/b28-22+,32-31?. The maximum atomic E-state index is 9.60. The summed E-state index contributed by atoms with van der Waals surface area (Å²) in [6.45, 7) is 16.5. The molecule has 0 N–H and O–H groups in total. The van der Waals surface area contributed by atoms with Gasteiger partial charge in [0.05, 0.1) is 12.6 Å². The van der Waals surface area contributed by atoms with Crippen molar-refractivity contribution in [2.75, 3.05) is 18.0 Å². The van der Waals surface area contributed by atoms with Gasteiger partial charge in [0.15, 0.2) is 0 Å². The molecule has 3 nitrogen and oxygen atoms in total. The van der Waals surface area contributed by atoms with Gasteiger partial charge in [0, 0.05) is 24.4 Å². The summed E-state index contributed by atoms with van der Waals surface area (Å²) in [5.41, 5.74) is 7.95. The summed E-state index contributed by atoms with van der Waals surface area (Å²) in [7, 11) is 0. The molecule has 0 fully saturated rings. The zero-order valence-corrected chi connectivity index (χ0v) is 21.7. The average Bonchev–Trinajstić information content (AvgIpc) is 3.23. The molecule has 1 aliphatic rings. The van der Waals surface area contributed by atoms with Crippen LogP contribution in [0.25, 0.3) is 16.5 Å². The van der Waals surface area contributed by atoms with Gasteiger partial charge in [-0.05, 0) is 66.1 Å². The van der Waals surface area contributed by atoms with E-state index in [1.165, 1.54) is 68.2 Å². The van der Waals surface area contributed by atoms with Gasteiger partial charge in [0.25, 0.3) is 5.70 Å². The third kappa shape index (κ3) is 6.86. The van der Waals surface area contributed by atoms with E-state index in [4.69, 9.17) is 6.57 Å². The summed E-state index contributed by atoms with van der Waals surface area (Å²) in [6.07, 6.45) is 13.2. The van der Waals surface area contributed by atoms with E-state index >= 15 is 0 Å². The van der Waals surface area contributed by atoms with Crippen LogP contribution in [0.2, 0.25) is 0 Å². The van der Waals surface area contributed by atoms with Crippen LogP contribution in [0.1, 0.15) is 87.5 Å². The van der Waals surface area contributed by atoms with Crippen LogP contribution in [-0.2, 0) is 6.42 Å². The van der Waals surface area contributed by atoms with Crippen molar-refractivity contribution in [3.8, 4) is 6.07 Å². The molecule has 2 aromatic carbocycles. The number of hydrogen-bond acceptors (Lipinski definition) is 2. The highest BCUT2D eigenvalue weighted by Crippen LogP contribution is 2.40. The molecule has 0 atom stereocenters. The summed E-state index contributed by atoms with van der Waals surface area (Å²) in [6, 6.07) is 17.0. The van der Waals surface area contributed by atoms with E-state index in [1.807, 2.05) is 18.2 Å². The second-order valence-electron chi connectivity index (χ2n) is 9.60. The number of rotatable bonds is 12. The SMILES string of the molecule is [C-]#[N+]C(C#N)=C1/C(=C/c2ccc(N(CCCCCC)CCCCCC)cc2C)Cc2ccccc21. The molecule has 0 aromatic heterocycles. The van der Waals surface area contributed by atoms with E-state index in [1.54, 1.807) is 0 Å². The Labute approximate surface area is 212 Å². The highest BCUT2D eigenvalue weighted by atomic mass is 15.1. The molecule has 0 amide bonds. The van der Waals surface area contributed by atoms with Crippen molar-refractivity contribution in [2.24, 2.45) is 0 Å². The van der Waals surface area contributed by atoms with E-state index in [0.29, 0.717) is 0 Å². The molecule has 0 spiro atoms. The molecule has 2 aromatic rings. The molecule has 0 radical (unpaired) electrons. The molecule has 3 rings (SSSR count). The van der Waals surface area contributed by atoms with Gasteiger partial charge in [0.2, 0.25) is 0 Å². The molecule has 0 saturated carbocycles. The minimum Gasteiger partial charge on any atom is -0.372 e. The van der Waals surface area contributed by atoms with Gasteiger partial charge in [-0.15, -0.1) is 0 Å². The maximum Gasteiger partial charge on any atom is 0.269 e. The van der Waals surface area contributed by atoms with Gasteiger partial charge in [0.1, 0.15) is 0 Å². The Morgan fingerprint density at radius 1 is 1.00 bits per heavy atom. The molecular weight excluding hydrogens is 426 g/mol. The topological polar surface area (TPSA) is 31.4 Å². The van der Waals surface area contributed by atoms with Gasteiger partial charge in [-0.25, -0.2) is 10.1 Å². The van der Waals surface area contributed by atoms with Crippen LogP contribution in [0.3, 0.4) is 0 Å². The average molecular weight is 466 g/mol. The fourth-order valence-corrected chi connectivity index (χ4v) is 4.96. The summed E-state index contributed by atoms with van der Waals surface area (Å²) in [5.74, 6) is 0. The predicted octanol–water partition coefficient (Wildman–Crippen LogP) is 8.76. The summed E-state index contributed by atoms with van der Waals surface area (Å²) < 4.78 is 0. The smallest absolute Gasteiger partial charge is 0.269 e. The van der Waals surface area contributed by atoms with E-state index < -0.39 is 0 Å². The van der Waals surface area contributed by atoms with E-state index in [0.717, 1.165) is 41.8 Å². The van der Waals surface area contributed by atoms with Crippen LogP contribution in [0.15, 0.2) is 53.7 Å². The number of unbranched alkanes of at least 4 members (excludes halogenated alkanes) is 6. The number of aryl methyl sites for hydroxylation is 1.